The number of benzene rings is 1. The zero-order chi connectivity index (χ0) is 8.97. The molecule has 0 heterocycles. The maximum absolute atomic E-state index is 13.0. The molecule has 0 aromatic heterocycles. The van der Waals surface area contributed by atoms with Crippen LogP contribution in [0.2, 0.25) is 0 Å². The van der Waals surface area contributed by atoms with Gasteiger partial charge >= 0.3 is 0 Å². The molecule has 0 radical (unpaired) electrons. The lowest BCUT2D eigenvalue weighted by atomic mass is 10.1. The molecular formula is C10H9FO. The molecule has 0 amide bonds. The molecule has 0 aliphatic heterocycles. The van der Waals surface area contributed by atoms with Gasteiger partial charge < -0.3 is 0 Å². The first-order chi connectivity index (χ1) is 5.75. The fourth-order valence-corrected chi connectivity index (χ4v) is 0.973. The van der Waals surface area contributed by atoms with Crippen LogP contribution in [-0.2, 0) is 4.79 Å². The van der Waals surface area contributed by atoms with Crippen LogP contribution >= 0.6 is 0 Å². The van der Waals surface area contributed by atoms with Gasteiger partial charge in [-0.2, -0.15) is 0 Å². The van der Waals surface area contributed by atoms with Gasteiger partial charge in [-0.1, -0.05) is 18.2 Å². The molecule has 0 aliphatic carbocycles. The van der Waals surface area contributed by atoms with Gasteiger partial charge in [0.25, 0.3) is 0 Å². The van der Waals surface area contributed by atoms with Crippen molar-refractivity contribution < 1.29 is 9.18 Å². The summed E-state index contributed by atoms with van der Waals surface area (Å²) in [6.07, 6.45) is 2.00. The van der Waals surface area contributed by atoms with Crippen LogP contribution in [0.1, 0.15) is 12.5 Å². The molecule has 0 fully saturated rings. The van der Waals surface area contributed by atoms with E-state index in [-0.39, 0.29) is 5.82 Å². The van der Waals surface area contributed by atoms with Gasteiger partial charge in [0.2, 0.25) is 0 Å². The maximum atomic E-state index is 13.0. The van der Waals surface area contributed by atoms with Crippen LogP contribution in [-0.4, -0.2) is 6.29 Å². The van der Waals surface area contributed by atoms with Crippen molar-refractivity contribution in [2.45, 2.75) is 6.92 Å². The highest BCUT2D eigenvalue weighted by atomic mass is 19.1. The molecule has 0 N–H and O–H groups in total. The molecule has 1 rings (SSSR count). The Morgan fingerprint density at radius 3 is 2.67 bits per heavy atom. The lowest BCUT2D eigenvalue weighted by Crippen LogP contribution is -1.85. The van der Waals surface area contributed by atoms with Gasteiger partial charge in [0.1, 0.15) is 12.1 Å². The Balaban J connectivity index is 3.10. The topological polar surface area (TPSA) is 17.1 Å². The molecular weight excluding hydrogens is 155 g/mol. The summed E-state index contributed by atoms with van der Waals surface area (Å²) in [4.78, 5) is 10.1. The largest absolute Gasteiger partial charge is 0.299 e. The summed E-state index contributed by atoms with van der Waals surface area (Å²) in [5.41, 5.74) is 1.12. The molecule has 0 atom stereocenters. The van der Waals surface area contributed by atoms with Gasteiger partial charge in [0.05, 0.1) is 0 Å². The van der Waals surface area contributed by atoms with Crippen LogP contribution in [0.3, 0.4) is 0 Å². The number of hydrogen-bond donors (Lipinski definition) is 0. The predicted molar refractivity (Wildman–Crippen MR) is 46.1 cm³/mol. The predicted octanol–water partition coefficient (Wildman–Crippen LogP) is 2.43. The van der Waals surface area contributed by atoms with Gasteiger partial charge in [-0.3, -0.25) is 4.79 Å². The quantitative estimate of drug-likeness (QED) is 0.484. The first kappa shape index (κ1) is 8.65. The van der Waals surface area contributed by atoms with E-state index < -0.39 is 0 Å². The Morgan fingerprint density at radius 1 is 1.42 bits per heavy atom. The van der Waals surface area contributed by atoms with Gasteiger partial charge in [-0.25, -0.2) is 4.39 Å². The van der Waals surface area contributed by atoms with Crippen molar-refractivity contribution in [1.82, 2.24) is 0 Å². The van der Waals surface area contributed by atoms with E-state index in [1.807, 2.05) is 0 Å². The van der Waals surface area contributed by atoms with E-state index in [4.69, 9.17) is 0 Å². The van der Waals surface area contributed by atoms with Crippen molar-refractivity contribution in [1.29, 1.82) is 0 Å². The molecule has 0 spiro atoms. The number of carbonyl (C=O) groups excluding carboxylic acids is 1. The molecule has 62 valence electrons. The van der Waals surface area contributed by atoms with E-state index in [0.717, 1.165) is 0 Å². The van der Waals surface area contributed by atoms with Gasteiger partial charge in [0.15, 0.2) is 0 Å². The fourth-order valence-electron chi connectivity index (χ4n) is 0.973. The van der Waals surface area contributed by atoms with Gasteiger partial charge in [-0.05, 0) is 24.6 Å². The highest BCUT2D eigenvalue weighted by molar-refractivity contribution is 5.80. The monoisotopic (exact) mass is 164 g/mol. The molecule has 1 nitrogen and oxygen atoms in total. The average Bonchev–Trinajstić information content (AvgIpc) is 2.05. The number of carbonyl (C=O) groups is 1. The second-order valence-corrected chi connectivity index (χ2v) is 2.47. The van der Waals surface area contributed by atoms with Crippen LogP contribution in [0.4, 0.5) is 4.39 Å². The summed E-state index contributed by atoms with van der Waals surface area (Å²) in [6, 6.07) is 6.37. The van der Waals surface area contributed by atoms with Crippen LogP contribution < -0.4 is 0 Å². The van der Waals surface area contributed by atoms with Crippen molar-refractivity contribution in [2.75, 3.05) is 0 Å². The molecule has 2 heteroatoms. The molecule has 1 aromatic rings. The highest BCUT2D eigenvalue weighted by Crippen LogP contribution is 2.15. The standard InChI is InChI=1S/C10H9FO/c1-8(6-7-12)9-4-2-3-5-10(9)11/h2-7H,1H3. The van der Waals surface area contributed by atoms with Crippen LogP contribution in [0.25, 0.3) is 5.57 Å². The van der Waals surface area contributed by atoms with Crippen molar-refractivity contribution >= 4 is 11.9 Å². The number of aldehydes is 1. The maximum Gasteiger partial charge on any atom is 0.143 e. The molecule has 1 aromatic carbocycles. The minimum absolute atomic E-state index is 0.298. The zero-order valence-electron chi connectivity index (χ0n) is 6.75. The van der Waals surface area contributed by atoms with Crippen LogP contribution in [0.5, 0.6) is 0 Å². The number of allylic oxidation sites excluding steroid dienone is 2. The lowest BCUT2D eigenvalue weighted by Gasteiger charge is -2.00. The summed E-state index contributed by atoms with van der Waals surface area (Å²) >= 11 is 0. The fraction of sp³-hybridized carbons (Fsp3) is 0.100. The normalized spacial score (nSPS) is 11.3. The third-order valence-corrected chi connectivity index (χ3v) is 1.62. The second kappa shape index (κ2) is 3.81. The Labute approximate surface area is 70.5 Å². The first-order valence-electron chi connectivity index (χ1n) is 3.62. The average molecular weight is 164 g/mol. The van der Waals surface area contributed by atoms with E-state index in [1.54, 1.807) is 25.1 Å². The summed E-state index contributed by atoms with van der Waals surface area (Å²) in [5, 5.41) is 0. The minimum atomic E-state index is -0.298. The molecule has 0 aliphatic rings. The van der Waals surface area contributed by atoms with Crippen LogP contribution in [0.15, 0.2) is 30.3 Å². The molecule has 12 heavy (non-hydrogen) atoms. The van der Waals surface area contributed by atoms with Crippen LogP contribution in [0, 0.1) is 5.82 Å². The van der Waals surface area contributed by atoms with Gasteiger partial charge in [0, 0.05) is 5.56 Å². The molecule has 0 bridgehead atoms. The Bertz CT molecular complexity index is 315. The summed E-state index contributed by atoms with van der Waals surface area (Å²) in [5.74, 6) is -0.298. The van der Waals surface area contributed by atoms with Gasteiger partial charge in [-0.15, -0.1) is 0 Å². The van der Waals surface area contributed by atoms with E-state index in [1.165, 1.54) is 12.1 Å². The highest BCUT2D eigenvalue weighted by Gasteiger charge is 2.00. The third-order valence-electron chi connectivity index (χ3n) is 1.62. The SMILES string of the molecule is CC(=CC=O)c1ccccc1F. The van der Waals surface area contributed by atoms with E-state index in [2.05, 4.69) is 0 Å². The van der Waals surface area contributed by atoms with Crippen molar-refractivity contribution in [2.24, 2.45) is 0 Å². The van der Waals surface area contributed by atoms with Crippen molar-refractivity contribution in [3.63, 3.8) is 0 Å². The molecule has 0 saturated carbocycles. The van der Waals surface area contributed by atoms with Crippen molar-refractivity contribution in [3.05, 3.63) is 41.7 Å². The number of halogens is 1. The lowest BCUT2D eigenvalue weighted by molar-refractivity contribution is -0.104. The summed E-state index contributed by atoms with van der Waals surface area (Å²) < 4.78 is 13.0. The number of hydrogen-bond acceptors (Lipinski definition) is 1. The first-order valence-corrected chi connectivity index (χ1v) is 3.62. The zero-order valence-corrected chi connectivity index (χ0v) is 6.75. The Hall–Kier alpha value is -1.44. The molecule has 0 unspecified atom stereocenters. The number of rotatable bonds is 2. The third kappa shape index (κ3) is 1.78. The minimum Gasteiger partial charge on any atom is -0.299 e. The van der Waals surface area contributed by atoms with Crippen molar-refractivity contribution in [3.8, 4) is 0 Å². The molecule has 0 saturated heterocycles. The van der Waals surface area contributed by atoms with E-state index in [9.17, 15) is 9.18 Å². The smallest absolute Gasteiger partial charge is 0.143 e. The Morgan fingerprint density at radius 2 is 2.08 bits per heavy atom. The summed E-state index contributed by atoms with van der Waals surface area (Å²) in [7, 11) is 0. The van der Waals surface area contributed by atoms with E-state index >= 15 is 0 Å². The second-order valence-electron chi connectivity index (χ2n) is 2.47. The Kier molecular flexibility index (Phi) is 2.75. The van der Waals surface area contributed by atoms with E-state index in [0.29, 0.717) is 17.4 Å². The summed E-state index contributed by atoms with van der Waals surface area (Å²) in [6.45, 7) is 1.70.